The van der Waals surface area contributed by atoms with Crippen LogP contribution < -0.4 is 10.6 Å². The van der Waals surface area contributed by atoms with E-state index in [1.54, 1.807) is 0 Å². The van der Waals surface area contributed by atoms with Gasteiger partial charge in [0.05, 0.1) is 10.1 Å². The molecular formula is C16H19N3O5S2. The highest BCUT2D eigenvalue weighted by Gasteiger charge is 2.36. The summed E-state index contributed by atoms with van der Waals surface area (Å²) in [4.78, 5) is -0.184. The van der Waals surface area contributed by atoms with Gasteiger partial charge >= 0.3 is 5.03 Å². The van der Waals surface area contributed by atoms with Crippen LogP contribution in [0.2, 0.25) is 0 Å². The first-order valence-corrected chi connectivity index (χ1v) is 11.2. The van der Waals surface area contributed by atoms with E-state index in [0.717, 1.165) is 31.4 Å². The Morgan fingerprint density at radius 2 is 1.58 bits per heavy atom. The maximum atomic E-state index is 12.7. The first-order chi connectivity index (χ1) is 12.2. The van der Waals surface area contributed by atoms with Gasteiger partial charge in [0.2, 0.25) is 24.7 Å². The number of hydrogen-bond acceptors (Lipinski definition) is 7. The van der Waals surface area contributed by atoms with E-state index in [1.165, 1.54) is 24.3 Å². The SMILES string of the molecule is Nc1ccc(S(=O)(=O)c2ccc(S(=O)(=O)C3CCCCC3)[n+]([O-])n2)cc1. The number of benzene rings is 1. The molecule has 1 aliphatic carbocycles. The average Bonchev–Trinajstić information content (AvgIpc) is 2.62. The number of aromatic nitrogens is 2. The largest absolute Gasteiger partial charge is 0.593 e. The molecule has 0 saturated heterocycles. The molecule has 10 heteroatoms. The summed E-state index contributed by atoms with van der Waals surface area (Å²) < 4.78 is 50.4. The molecule has 2 aromatic rings. The van der Waals surface area contributed by atoms with Gasteiger partial charge in [-0.05, 0) is 48.0 Å². The molecule has 8 nitrogen and oxygen atoms in total. The van der Waals surface area contributed by atoms with Crippen molar-refractivity contribution in [1.82, 2.24) is 5.10 Å². The molecule has 1 saturated carbocycles. The molecule has 0 amide bonds. The molecule has 2 N–H and O–H groups in total. The summed E-state index contributed by atoms with van der Waals surface area (Å²) in [6.45, 7) is 0. The predicted octanol–water partition coefficient (Wildman–Crippen LogP) is 1.24. The number of sulfone groups is 2. The van der Waals surface area contributed by atoms with E-state index in [-0.39, 0.29) is 9.74 Å². The molecule has 0 radical (unpaired) electrons. The number of nitrogen functional groups attached to an aromatic ring is 1. The lowest BCUT2D eigenvalue weighted by Gasteiger charge is -2.20. The van der Waals surface area contributed by atoms with Gasteiger partial charge in [-0.2, -0.15) is 0 Å². The van der Waals surface area contributed by atoms with Gasteiger partial charge in [-0.1, -0.05) is 19.3 Å². The van der Waals surface area contributed by atoms with Crippen LogP contribution in [0.4, 0.5) is 5.69 Å². The van der Waals surface area contributed by atoms with Gasteiger partial charge in [0.25, 0.3) is 0 Å². The second-order valence-corrected chi connectivity index (χ2v) is 10.3. The Kier molecular flexibility index (Phi) is 4.89. The van der Waals surface area contributed by atoms with Crippen LogP contribution in [-0.4, -0.2) is 27.2 Å². The van der Waals surface area contributed by atoms with Crippen LogP contribution in [0.1, 0.15) is 32.1 Å². The van der Waals surface area contributed by atoms with E-state index in [2.05, 4.69) is 5.10 Å². The smallest absolute Gasteiger partial charge is 0.335 e. The lowest BCUT2D eigenvalue weighted by Crippen LogP contribution is -2.42. The second-order valence-electron chi connectivity index (χ2n) is 6.26. The van der Waals surface area contributed by atoms with Crippen LogP contribution in [0, 0.1) is 5.21 Å². The van der Waals surface area contributed by atoms with Crippen molar-refractivity contribution in [3.8, 4) is 0 Å². The minimum atomic E-state index is -4.05. The molecule has 140 valence electrons. The molecule has 1 aromatic carbocycles. The first-order valence-electron chi connectivity index (χ1n) is 8.18. The summed E-state index contributed by atoms with van der Waals surface area (Å²) in [6, 6.07) is 7.51. The Bertz CT molecular complexity index is 1010. The van der Waals surface area contributed by atoms with Crippen LogP contribution in [0.3, 0.4) is 0 Å². The zero-order valence-corrected chi connectivity index (χ0v) is 15.5. The van der Waals surface area contributed by atoms with Crippen LogP contribution in [0.25, 0.3) is 0 Å². The summed E-state index contributed by atoms with van der Waals surface area (Å²) in [5, 5.41) is 14.0. The number of nitrogens with two attached hydrogens (primary N) is 1. The fourth-order valence-electron chi connectivity index (χ4n) is 3.04. The van der Waals surface area contributed by atoms with Crippen LogP contribution in [0.5, 0.6) is 0 Å². The van der Waals surface area contributed by atoms with Crippen molar-refractivity contribution < 1.29 is 21.7 Å². The summed E-state index contributed by atoms with van der Waals surface area (Å²) in [7, 11) is -7.90. The molecule has 1 aromatic heterocycles. The van der Waals surface area contributed by atoms with Crippen molar-refractivity contribution in [2.75, 3.05) is 5.73 Å². The predicted molar refractivity (Wildman–Crippen MR) is 93.6 cm³/mol. The Morgan fingerprint density at radius 1 is 0.962 bits per heavy atom. The number of hydrogen-bond donors (Lipinski definition) is 1. The molecule has 1 fully saturated rings. The fourth-order valence-corrected chi connectivity index (χ4v) is 6.02. The zero-order valence-electron chi connectivity index (χ0n) is 13.9. The van der Waals surface area contributed by atoms with Gasteiger partial charge in [0.15, 0.2) is 0 Å². The van der Waals surface area contributed by atoms with Crippen LogP contribution in [-0.2, 0) is 19.7 Å². The summed E-state index contributed by atoms with van der Waals surface area (Å²) in [5.74, 6) is 0. The van der Waals surface area contributed by atoms with Gasteiger partial charge in [-0.25, -0.2) is 16.8 Å². The van der Waals surface area contributed by atoms with Gasteiger partial charge in [0.1, 0.15) is 0 Å². The van der Waals surface area contributed by atoms with Crippen LogP contribution >= 0.6 is 0 Å². The first kappa shape index (κ1) is 18.6. The molecule has 3 rings (SSSR count). The maximum absolute atomic E-state index is 12.7. The van der Waals surface area contributed by atoms with Gasteiger partial charge in [0, 0.05) is 16.9 Å². The van der Waals surface area contributed by atoms with E-state index in [4.69, 9.17) is 5.73 Å². The second kappa shape index (κ2) is 6.84. The summed E-state index contributed by atoms with van der Waals surface area (Å²) >= 11 is 0. The third kappa shape index (κ3) is 3.38. The number of nitrogens with zero attached hydrogens (tertiary/aromatic N) is 2. The molecule has 0 unspecified atom stereocenters. The summed E-state index contributed by atoms with van der Waals surface area (Å²) in [6.07, 6.45) is 3.54. The lowest BCUT2D eigenvalue weighted by atomic mass is 10.0. The highest BCUT2D eigenvalue weighted by atomic mass is 32.2. The quantitative estimate of drug-likeness (QED) is 0.466. The van der Waals surface area contributed by atoms with Crippen LogP contribution in [0.15, 0.2) is 51.3 Å². The topological polar surface area (TPSA) is 134 Å². The lowest BCUT2D eigenvalue weighted by molar-refractivity contribution is -0.711. The van der Waals surface area contributed by atoms with E-state index >= 15 is 0 Å². The molecule has 0 atom stereocenters. The molecule has 26 heavy (non-hydrogen) atoms. The van der Waals surface area contributed by atoms with E-state index in [9.17, 15) is 22.0 Å². The molecule has 0 aliphatic heterocycles. The highest BCUT2D eigenvalue weighted by Crippen LogP contribution is 2.27. The van der Waals surface area contributed by atoms with Gasteiger partial charge in [-0.3, -0.25) is 0 Å². The molecular weight excluding hydrogens is 378 g/mol. The Hall–Kier alpha value is -2.20. The molecule has 1 heterocycles. The van der Waals surface area contributed by atoms with Crippen molar-refractivity contribution in [3.63, 3.8) is 0 Å². The molecule has 0 spiro atoms. The minimum absolute atomic E-state index is 0.0814. The Morgan fingerprint density at radius 3 is 2.15 bits per heavy atom. The zero-order chi connectivity index (χ0) is 18.9. The highest BCUT2D eigenvalue weighted by molar-refractivity contribution is 7.92. The maximum Gasteiger partial charge on any atom is 0.335 e. The number of rotatable bonds is 4. The average molecular weight is 397 g/mol. The van der Waals surface area contributed by atoms with E-state index in [1.807, 2.05) is 0 Å². The third-order valence-electron chi connectivity index (χ3n) is 4.49. The van der Waals surface area contributed by atoms with Crippen molar-refractivity contribution in [3.05, 3.63) is 41.6 Å². The van der Waals surface area contributed by atoms with Gasteiger partial charge < -0.3 is 10.9 Å². The van der Waals surface area contributed by atoms with Crippen molar-refractivity contribution >= 4 is 25.4 Å². The monoisotopic (exact) mass is 397 g/mol. The van der Waals surface area contributed by atoms with Crippen molar-refractivity contribution in [2.45, 2.75) is 52.3 Å². The fraction of sp³-hybridized carbons (Fsp3) is 0.375. The van der Waals surface area contributed by atoms with Crippen molar-refractivity contribution in [1.29, 1.82) is 0 Å². The minimum Gasteiger partial charge on any atom is -0.593 e. The number of anilines is 1. The summed E-state index contributed by atoms with van der Waals surface area (Å²) in [5.41, 5.74) is 5.93. The standard InChI is InChI=1S/C16H19N3O5S2/c17-12-6-8-14(9-7-12)25(21,22)15-10-11-16(19(20)18-15)26(23,24)13-4-2-1-3-5-13/h6-11,13H,1-5,17H2. The van der Waals surface area contributed by atoms with E-state index < -0.39 is 35.0 Å². The van der Waals surface area contributed by atoms with Crippen molar-refractivity contribution in [2.24, 2.45) is 0 Å². The van der Waals surface area contributed by atoms with Gasteiger partial charge in [-0.15, -0.1) is 0 Å². The molecule has 1 aliphatic rings. The normalized spacial score (nSPS) is 16.5. The van der Waals surface area contributed by atoms with E-state index in [0.29, 0.717) is 18.5 Å². The third-order valence-corrected chi connectivity index (χ3v) is 8.38. The molecule has 0 bridgehead atoms. The Labute approximate surface area is 152 Å². The Balaban J connectivity index is 1.98.